The van der Waals surface area contributed by atoms with Crippen LogP contribution in [0.3, 0.4) is 0 Å². The number of nitrogens with one attached hydrogen (secondary N) is 1. The third-order valence-corrected chi connectivity index (χ3v) is 6.23. The average molecular weight is 369 g/mol. The number of sulfonamides is 1. The van der Waals surface area contributed by atoms with Crippen molar-refractivity contribution in [2.24, 2.45) is 0 Å². The number of aryl methyl sites for hydroxylation is 1. The Morgan fingerprint density at radius 1 is 1.24 bits per heavy atom. The molecule has 1 amide bonds. The second-order valence-electron chi connectivity index (χ2n) is 6.76. The number of hydrogen-bond acceptors (Lipinski definition) is 5. The molecule has 1 atom stereocenters. The molecule has 6 nitrogen and oxygen atoms in total. The fourth-order valence-electron chi connectivity index (χ4n) is 2.92. The first kappa shape index (κ1) is 19.7. The molecule has 1 aliphatic heterocycles. The Balaban J connectivity index is 1.99. The summed E-state index contributed by atoms with van der Waals surface area (Å²) in [6, 6.07) is 5.64. The minimum absolute atomic E-state index is 0.396. The van der Waals surface area contributed by atoms with Gasteiger partial charge >= 0.3 is 0 Å². The van der Waals surface area contributed by atoms with E-state index in [0.29, 0.717) is 37.7 Å². The molecule has 0 bridgehead atoms. The summed E-state index contributed by atoms with van der Waals surface area (Å²) in [4.78, 5) is 12.2. The molecule has 0 radical (unpaired) electrons. The maximum atomic E-state index is 12.3. The predicted molar refractivity (Wildman–Crippen MR) is 96.3 cm³/mol. The molecule has 7 heteroatoms. The molecule has 1 heterocycles. The Labute approximate surface area is 150 Å². The number of hydrogen-bond donors (Lipinski definition) is 1. The molecule has 25 heavy (non-hydrogen) atoms. The smallest absolute Gasteiger partial charge is 0.274 e. The molecule has 1 aromatic rings. The fraction of sp³-hybridized carbons (Fsp3) is 0.611. The van der Waals surface area contributed by atoms with Gasteiger partial charge < -0.3 is 9.47 Å². The zero-order valence-corrected chi connectivity index (χ0v) is 16.1. The molecule has 0 saturated carbocycles. The van der Waals surface area contributed by atoms with Crippen molar-refractivity contribution in [3.05, 3.63) is 29.3 Å². The van der Waals surface area contributed by atoms with Gasteiger partial charge in [-0.05, 0) is 55.9 Å². The SMILES string of the molecule is Cc1cc(OC(C)C(=O)NS(=O)(=O)C2CCOCC2)ccc1C(C)C. The van der Waals surface area contributed by atoms with Crippen LogP contribution in [-0.2, 0) is 19.6 Å². The molecule has 1 aliphatic rings. The number of carbonyl (C=O) groups is 1. The lowest BCUT2D eigenvalue weighted by molar-refractivity contribution is -0.125. The van der Waals surface area contributed by atoms with E-state index in [4.69, 9.17) is 9.47 Å². The molecule has 1 aromatic carbocycles. The Hall–Kier alpha value is -1.60. The summed E-state index contributed by atoms with van der Waals surface area (Å²) in [6.07, 6.45) is -0.111. The van der Waals surface area contributed by atoms with Crippen LogP contribution in [0, 0.1) is 6.92 Å². The Kier molecular flexibility index (Phi) is 6.46. The molecular formula is C18H27NO5S. The predicted octanol–water partition coefficient (Wildman–Crippen LogP) is 2.51. The van der Waals surface area contributed by atoms with Gasteiger partial charge in [-0.1, -0.05) is 19.9 Å². The van der Waals surface area contributed by atoms with Gasteiger partial charge in [0.1, 0.15) is 5.75 Å². The Morgan fingerprint density at radius 2 is 1.88 bits per heavy atom. The van der Waals surface area contributed by atoms with Gasteiger partial charge in [-0.25, -0.2) is 13.1 Å². The zero-order chi connectivity index (χ0) is 18.6. The first-order valence-electron chi connectivity index (χ1n) is 8.61. The van der Waals surface area contributed by atoms with E-state index >= 15 is 0 Å². The highest BCUT2D eigenvalue weighted by atomic mass is 32.2. The van der Waals surface area contributed by atoms with Crippen molar-refractivity contribution in [1.29, 1.82) is 0 Å². The fourth-order valence-corrected chi connectivity index (χ4v) is 4.35. The maximum Gasteiger partial charge on any atom is 0.274 e. The van der Waals surface area contributed by atoms with Gasteiger partial charge in [0, 0.05) is 13.2 Å². The van der Waals surface area contributed by atoms with E-state index in [2.05, 4.69) is 18.6 Å². The molecule has 1 N–H and O–H groups in total. The Bertz CT molecular complexity index is 708. The second kappa shape index (κ2) is 8.19. The molecule has 140 valence electrons. The van der Waals surface area contributed by atoms with E-state index in [-0.39, 0.29) is 0 Å². The maximum absolute atomic E-state index is 12.3. The standard InChI is InChI=1S/C18H27NO5S/c1-12(2)17-6-5-15(11-13(17)3)24-14(4)18(20)19-25(21,22)16-7-9-23-10-8-16/h5-6,11-12,14,16H,7-10H2,1-4H3,(H,19,20). The highest BCUT2D eigenvalue weighted by molar-refractivity contribution is 7.90. The molecule has 1 fully saturated rings. The van der Waals surface area contributed by atoms with Gasteiger partial charge in [-0.3, -0.25) is 4.79 Å². The second-order valence-corrected chi connectivity index (χ2v) is 8.72. The lowest BCUT2D eigenvalue weighted by Gasteiger charge is -2.23. The minimum atomic E-state index is -3.71. The first-order chi connectivity index (χ1) is 11.7. The normalized spacial score (nSPS) is 17.3. The van der Waals surface area contributed by atoms with Crippen LogP contribution in [0.1, 0.15) is 50.7 Å². The van der Waals surface area contributed by atoms with Crippen LogP contribution in [-0.4, -0.2) is 38.9 Å². The van der Waals surface area contributed by atoms with E-state index in [1.807, 2.05) is 19.1 Å². The summed E-state index contributed by atoms with van der Waals surface area (Å²) >= 11 is 0. The van der Waals surface area contributed by atoms with Crippen LogP contribution in [0.25, 0.3) is 0 Å². The van der Waals surface area contributed by atoms with Crippen molar-refractivity contribution in [2.45, 2.75) is 57.8 Å². The zero-order valence-electron chi connectivity index (χ0n) is 15.2. The van der Waals surface area contributed by atoms with Crippen molar-refractivity contribution in [1.82, 2.24) is 4.72 Å². The van der Waals surface area contributed by atoms with Gasteiger partial charge in [-0.15, -0.1) is 0 Å². The van der Waals surface area contributed by atoms with Crippen LogP contribution in [0.4, 0.5) is 0 Å². The summed E-state index contributed by atoms with van der Waals surface area (Å²) < 4.78 is 37.5. The highest BCUT2D eigenvalue weighted by Gasteiger charge is 2.31. The quantitative estimate of drug-likeness (QED) is 0.833. The summed E-state index contributed by atoms with van der Waals surface area (Å²) in [7, 11) is -3.71. The van der Waals surface area contributed by atoms with Gasteiger partial charge in [0.15, 0.2) is 6.10 Å². The molecule has 0 spiro atoms. The number of rotatable bonds is 6. The summed E-state index contributed by atoms with van der Waals surface area (Å²) in [5.41, 5.74) is 2.29. The van der Waals surface area contributed by atoms with E-state index in [0.717, 1.165) is 5.56 Å². The van der Waals surface area contributed by atoms with Crippen molar-refractivity contribution in [3.63, 3.8) is 0 Å². The van der Waals surface area contributed by atoms with E-state index < -0.39 is 27.3 Å². The summed E-state index contributed by atoms with van der Waals surface area (Å²) in [6.45, 7) is 8.55. The number of amides is 1. The lowest BCUT2D eigenvalue weighted by Crippen LogP contribution is -2.45. The third kappa shape index (κ3) is 5.19. The number of benzene rings is 1. The van der Waals surface area contributed by atoms with Gasteiger partial charge in [0.05, 0.1) is 5.25 Å². The topological polar surface area (TPSA) is 81.7 Å². The van der Waals surface area contributed by atoms with E-state index in [1.165, 1.54) is 5.56 Å². The summed E-state index contributed by atoms with van der Waals surface area (Å²) in [5.74, 6) is 0.296. The molecule has 1 unspecified atom stereocenters. The number of ether oxygens (including phenoxy) is 2. The van der Waals surface area contributed by atoms with Crippen molar-refractivity contribution in [3.8, 4) is 5.75 Å². The minimum Gasteiger partial charge on any atom is -0.481 e. The number of carbonyl (C=O) groups excluding carboxylic acids is 1. The van der Waals surface area contributed by atoms with Crippen molar-refractivity contribution < 1.29 is 22.7 Å². The molecular weight excluding hydrogens is 342 g/mol. The first-order valence-corrected chi connectivity index (χ1v) is 10.2. The lowest BCUT2D eigenvalue weighted by atomic mass is 9.98. The molecule has 1 saturated heterocycles. The Morgan fingerprint density at radius 3 is 2.44 bits per heavy atom. The van der Waals surface area contributed by atoms with Crippen molar-refractivity contribution >= 4 is 15.9 Å². The van der Waals surface area contributed by atoms with Crippen LogP contribution in [0.15, 0.2) is 18.2 Å². The van der Waals surface area contributed by atoms with Crippen LogP contribution < -0.4 is 9.46 Å². The van der Waals surface area contributed by atoms with Crippen molar-refractivity contribution in [2.75, 3.05) is 13.2 Å². The third-order valence-electron chi connectivity index (χ3n) is 4.40. The van der Waals surface area contributed by atoms with Gasteiger partial charge in [0.2, 0.25) is 10.0 Å². The highest BCUT2D eigenvalue weighted by Crippen LogP contribution is 2.24. The van der Waals surface area contributed by atoms with Crippen LogP contribution in [0.5, 0.6) is 5.75 Å². The largest absolute Gasteiger partial charge is 0.481 e. The van der Waals surface area contributed by atoms with E-state index in [9.17, 15) is 13.2 Å². The monoisotopic (exact) mass is 369 g/mol. The molecule has 0 aliphatic carbocycles. The average Bonchev–Trinajstić information content (AvgIpc) is 2.55. The van der Waals surface area contributed by atoms with Gasteiger partial charge in [0.25, 0.3) is 5.91 Å². The van der Waals surface area contributed by atoms with Crippen LogP contribution >= 0.6 is 0 Å². The van der Waals surface area contributed by atoms with Crippen LogP contribution in [0.2, 0.25) is 0 Å². The molecule has 2 rings (SSSR count). The summed E-state index contributed by atoms with van der Waals surface area (Å²) in [5, 5.41) is -0.593. The van der Waals surface area contributed by atoms with E-state index in [1.54, 1.807) is 13.0 Å². The van der Waals surface area contributed by atoms with Gasteiger partial charge in [-0.2, -0.15) is 0 Å². The molecule has 0 aromatic heterocycles.